The Morgan fingerprint density at radius 1 is 1.55 bits per heavy atom. The standard InChI is InChI=1S/C8H18FNO/c1-3-8(2,10)7-11-6-4-5-9/h3-7,10H2,1-2H3. The fourth-order valence-corrected chi connectivity index (χ4v) is 0.564. The molecule has 0 heterocycles. The molecule has 0 aromatic heterocycles. The van der Waals surface area contributed by atoms with Gasteiger partial charge in [0.15, 0.2) is 0 Å². The molecule has 0 saturated heterocycles. The predicted molar refractivity (Wildman–Crippen MR) is 44.3 cm³/mol. The molecule has 2 nitrogen and oxygen atoms in total. The summed E-state index contributed by atoms with van der Waals surface area (Å²) in [5, 5.41) is 0. The summed E-state index contributed by atoms with van der Waals surface area (Å²) in [6.07, 6.45) is 1.35. The number of nitrogens with two attached hydrogens (primary N) is 1. The molecule has 3 heteroatoms. The fourth-order valence-electron chi connectivity index (χ4n) is 0.564. The van der Waals surface area contributed by atoms with Crippen molar-refractivity contribution in [3.8, 4) is 0 Å². The van der Waals surface area contributed by atoms with Crippen molar-refractivity contribution in [3.05, 3.63) is 0 Å². The minimum absolute atomic E-state index is 0.254. The third-order valence-corrected chi connectivity index (χ3v) is 1.66. The first kappa shape index (κ1) is 10.8. The van der Waals surface area contributed by atoms with Crippen molar-refractivity contribution in [3.63, 3.8) is 0 Å². The zero-order chi connectivity index (χ0) is 8.74. The van der Waals surface area contributed by atoms with Gasteiger partial charge in [0.2, 0.25) is 0 Å². The van der Waals surface area contributed by atoms with Gasteiger partial charge in [-0.25, -0.2) is 0 Å². The van der Waals surface area contributed by atoms with E-state index in [-0.39, 0.29) is 12.2 Å². The second-order valence-electron chi connectivity index (χ2n) is 3.10. The lowest BCUT2D eigenvalue weighted by Gasteiger charge is -2.21. The van der Waals surface area contributed by atoms with Crippen LogP contribution in [0, 0.1) is 0 Å². The van der Waals surface area contributed by atoms with Crippen molar-refractivity contribution in [1.82, 2.24) is 0 Å². The molecule has 0 aliphatic rings. The smallest absolute Gasteiger partial charge is 0.0916 e. The Hall–Kier alpha value is -0.150. The van der Waals surface area contributed by atoms with Crippen LogP contribution in [0.1, 0.15) is 26.7 Å². The molecule has 1 unspecified atom stereocenters. The Labute approximate surface area is 67.9 Å². The zero-order valence-electron chi connectivity index (χ0n) is 7.40. The molecule has 0 bridgehead atoms. The quantitative estimate of drug-likeness (QED) is 0.602. The molecule has 0 aliphatic carbocycles. The summed E-state index contributed by atoms with van der Waals surface area (Å²) in [7, 11) is 0. The SMILES string of the molecule is CCC(C)(N)COCCCF. The summed E-state index contributed by atoms with van der Waals surface area (Å²) in [4.78, 5) is 0. The van der Waals surface area contributed by atoms with Gasteiger partial charge in [-0.15, -0.1) is 0 Å². The molecule has 11 heavy (non-hydrogen) atoms. The summed E-state index contributed by atoms with van der Waals surface area (Å²) in [5.41, 5.74) is 5.53. The summed E-state index contributed by atoms with van der Waals surface area (Å²) in [6, 6.07) is 0. The molecule has 1 atom stereocenters. The highest BCUT2D eigenvalue weighted by Gasteiger charge is 2.14. The fraction of sp³-hybridized carbons (Fsp3) is 1.00. The molecule has 0 aromatic carbocycles. The van der Waals surface area contributed by atoms with Crippen LogP contribution >= 0.6 is 0 Å². The monoisotopic (exact) mass is 163 g/mol. The van der Waals surface area contributed by atoms with Crippen LogP contribution < -0.4 is 5.73 Å². The number of ether oxygens (including phenoxy) is 1. The summed E-state index contributed by atoms with van der Waals surface area (Å²) < 4.78 is 16.7. The van der Waals surface area contributed by atoms with E-state index in [1.54, 1.807) is 0 Å². The van der Waals surface area contributed by atoms with Gasteiger partial charge in [-0.3, -0.25) is 4.39 Å². The largest absolute Gasteiger partial charge is 0.379 e. The molecular formula is C8H18FNO. The van der Waals surface area contributed by atoms with E-state index in [1.807, 2.05) is 13.8 Å². The Morgan fingerprint density at radius 2 is 2.18 bits per heavy atom. The Balaban J connectivity index is 3.23. The van der Waals surface area contributed by atoms with E-state index < -0.39 is 0 Å². The third-order valence-electron chi connectivity index (χ3n) is 1.66. The molecule has 0 amide bonds. The van der Waals surface area contributed by atoms with Crippen LogP contribution in [0.2, 0.25) is 0 Å². The molecule has 0 rings (SSSR count). The lowest BCUT2D eigenvalue weighted by atomic mass is 10.0. The van der Waals surface area contributed by atoms with E-state index in [0.29, 0.717) is 19.6 Å². The molecule has 0 saturated carbocycles. The molecule has 68 valence electrons. The van der Waals surface area contributed by atoms with E-state index in [1.165, 1.54) is 0 Å². The first-order valence-electron chi connectivity index (χ1n) is 4.05. The van der Waals surface area contributed by atoms with Gasteiger partial charge in [0, 0.05) is 12.1 Å². The third kappa shape index (κ3) is 6.26. The molecule has 0 radical (unpaired) electrons. The van der Waals surface area contributed by atoms with Crippen LogP contribution in [-0.2, 0) is 4.74 Å². The maximum absolute atomic E-state index is 11.6. The van der Waals surface area contributed by atoms with Crippen LogP contribution in [-0.4, -0.2) is 25.4 Å². The van der Waals surface area contributed by atoms with E-state index >= 15 is 0 Å². The van der Waals surface area contributed by atoms with E-state index in [4.69, 9.17) is 10.5 Å². The highest BCUT2D eigenvalue weighted by molar-refractivity contribution is 4.75. The second-order valence-corrected chi connectivity index (χ2v) is 3.10. The number of hydrogen-bond donors (Lipinski definition) is 1. The lowest BCUT2D eigenvalue weighted by molar-refractivity contribution is 0.0844. The Kier molecular flexibility index (Phi) is 5.42. The number of rotatable bonds is 6. The molecular weight excluding hydrogens is 145 g/mol. The van der Waals surface area contributed by atoms with Gasteiger partial charge < -0.3 is 10.5 Å². The minimum Gasteiger partial charge on any atom is -0.379 e. The summed E-state index contributed by atoms with van der Waals surface area (Å²) in [5.74, 6) is 0. The van der Waals surface area contributed by atoms with Gasteiger partial charge >= 0.3 is 0 Å². The van der Waals surface area contributed by atoms with Crippen LogP contribution in [0.3, 0.4) is 0 Å². The van der Waals surface area contributed by atoms with Crippen LogP contribution in [0.4, 0.5) is 4.39 Å². The highest BCUT2D eigenvalue weighted by atomic mass is 19.1. The maximum Gasteiger partial charge on any atom is 0.0916 e. The normalized spacial score (nSPS) is 16.4. The van der Waals surface area contributed by atoms with Crippen molar-refractivity contribution >= 4 is 0 Å². The van der Waals surface area contributed by atoms with Crippen molar-refractivity contribution in [2.75, 3.05) is 19.9 Å². The first-order valence-corrected chi connectivity index (χ1v) is 4.05. The van der Waals surface area contributed by atoms with Crippen molar-refractivity contribution in [2.24, 2.45) is 5.73 Å². The molecule has 0 fully saturated rings. The zero-order valence-corrected chi connectivity index (χ0v) is 7.40. The van der Waals surface area contributed by atoms with Gasteiger partial charge in [0.05, 0.1) is 13.3 Å². The number of alkyl halides is 1. The average Bonchev–Trinajstić information content (AvgIpc) is 1.99. The van der Waals surface area contributed by atoms with Crippen LogP contribution in [0.25, 0.3) is 0 Å². The van der Waals surface area contributed by atoms with Gasteiger partial charge in [-0.05, 0) is 19.8 Å². The lowest BCUT2D eigenvalue weighted by Crippen LogP contribution is -2.40. The van der Waals surface area contributed by atoms with Crippen LogP contribution in [0.5, 0.6) is 0 Å². The van der Waals surface area contributed by atoms with E-state index in [0.717, 1.165) is 6.42 Å². The van der Waals surface area contributed by atoms with Gasteiger partial charge in [0.25, 0.3) is 0 Å². The highest BCUT2D eigenvalue weighted by Crippen LogP contribution is 2.04. The predicted octanol–water partition coefficient (Wildman–Crippen LogP) is 1.49. The van der Waals surface area contributed by atoms with E-state index in [2.05, 4.69) is 0 Å². The van der Waals surface area contributed by atoms with E-state index in [9.17, 15) is 4.39 Å². The minimum atomic E-state index is -0.312. The van der Waals surface area contributed by atoms with Gasteiger partial charge in [-0.2, -0.15) is 0 Å². The van der Waals surface area contributed by atoms with Crippen molar-refractivity contribution in [1.29, 1.82) is 0 Å². The van der Waals surface area contributed by atoms with Gasteiger partial charge in [0.1, 0.15) is 0 Å². The molecule has 2 N–H and O–H groups in total. The van der Waals surface area contributed by atoms with Crippen LogP contribution in [0.15, 0.2) is 0 Å². The molecule has 0 spiro atoms. The van der Waals surface area contributed by atoms with Crippen molar-refractivity contribution in [2.45, 2.75) is 32.2 Å². The molecule has 0 aliphatic heterocycles. The maximum atomic E-state index is 11.6. The summed E-state index contributed by atoms with van der Waals surface area (Å²) >= 11 is 0. The Morgan fingerprint density at radius 3 is 2.64 bits per heavy atom. The summed E-state index contributed by atoms with van der Waals surface area (Å²) in [6.45, 7) is 4.63. The number of hydrogen-bond acceptors (Lipinski definition) is 2. The second kappa shape index (κ2) is 5.49. The average molecular weight is 163 g/mol. The number of halogens is 1. The molecule has 0 aromatic rings. The Bertz CT molecular complexity index is 96.1. The topological polar surface area (TPSA) is 35.2 Å². The first-order chi connectivity index (χ1) is 5.12. The van der Waals surface area contributed by atoms with Gasteiger partial charge in [-0.1, -0.05) is 6.92 Å². The van der Waals surface area contributed by atoms with Crippen molar-refractivity contribution < 1.29 is 9.13 Å².